The number of halogens is 1. The van der Waals surface area contributed by atoms with Gasteiger partial charge in [-0.25, -0.2) is 8.42 Å². The van der Waals surface area contributed by atoms with E-state index in [1.165, 1.54) is 0 Å². The lowest BCUT2D eigenvalue weighted by Gasteiger charge is -2.25. The normalized spacial score (nSPS) is 28.7. The number of sulfone groups is 1. The number of anilines is 1. The average Bonchev–Trinajstić information content (AvgIpc) is 2.73. The van der Waals surface area contributed by atoms with Crippen LogP contribution in [0.4, 0.5) is 5.69 Å². The van der Waals surface area contributed by atoms with Gasteiger partial charge in [0, 0.05) is 23.0 Å². The minimum absolute atomic E-state index is 0.00438. The Labute approximate surface area is 117 Å². The van der Waals surface area contributed by atoms with Crippen molar-refractivity contribution < 1.29 is 13.2 Å². The molecule has 2 fully saturated rings. The van der Waals surface area contributed by atoms with E-state index >= 15 is 0 Å². The summed E-state index contributed by atoms with van der Waals surface area (Å²) in [6, 6.07) is 5.13. The fraction of sp³-hybridized carbons (Fsp3) is 0.462. The van der Waals surface area contributed by atoms with Crippen molar-refractivity contribution in [2.24, 2.45) is 5.92 Å². The molecule has 0 N–H and O–H groups in total. The largest absolute Gasteiger partial charge is 0.308 e. The molecule has 2 aliphatic rings. The Morgan fingerprint density at radius 3 is 2.79 bits per heavy atom. The van der Waals surface area contributed by atoms with Crippen molar-refractivity contribution in [2.75, 3.05) is 16.4 Å². The Kier molecular flexibility index (Phi) is 2.87. The van der Waals surface area contributed by atoms with Gasteiger partial charge in [0.05, 0.1) is 17.5 Å². The number of carbonyl (C=O) groups is 1. The first-order valence-corrected chi connectivity index (χ1v) is 8.36. The third kappa shape index (κ3) is 2.15. The Bertz CT molecular complexity index is 656. The van der Waals surface area contributed by atoms with Crippen molar-refractivity contribution in [3.63, 3.8) is 0 Å². The van der Waals surface area contributed by atoms with Crippen LogP contribution in [0.5, 0.6) is 0 Å². The number of hydrogen-bond acceptors (Lipinski definition) is 3. The molecule has 1 aromatic rings. The first-order chi connectivity index (χ1) is 8.87. The van der Waals surface area contributed by atoms with Gasteiger partial charge < -0.3 is 4.90 Å². The minimum atomic E-state index is -3.02. The Morgan fingerprint density at radius 1 is 1.32 bits per heavy atom. The van der Waals surface area contributed by atoms with Crippen LogP contribution in [-0.2, 0) is 14.6 Å². The zero-order valence-corrected chi connectivity index (χ0v) is 12.0. The summed E-state index contributed by atoms with van der Waals surface area (Å²) in [5, 5.41) is 0.553. The highest BCUT2D eigenvalue weighted by Gasteiger charge is 2.49. The van der Waals surface area contributed by atoms with Crippen LogP contribution in [0.3, 0.4) is 0 Å². The quantitative estimate of drug-likeness (QED) is 0.794. The lowest BCUT2D eigenvalue weighted by molar-refractivity contribution is -0.117. The molecule has 19 heavy (non-hydrogen) atoms. The number of amides is 1. The van der Waals surface area contributed by atoms with Crippen molar-refractivity contribution in [1.82, 2.24) is 0 Å². The molecule has 0 aliphatic carbocycles. The van der Waals surface area contributed by atoms with Gasteiger partial charge in [0.25, 0.3) is 0 Å². The fourth-order valence-corrected chi connectivity index (χ4v) is 5.28. The summed E-state index contributed by atoms with van der Waals surface area (Å²) >= 11 is 5.99. The van der Waals surface area contributed by atoms with Gasteiger partial charge in [-0.15, -0.1) is 0 Å². The van der Waals surface area contributed by atoms with Gasteiger partial charge >= 0.3 is 0 Å². The number of rotatable bonds is 1. The molecule has 0 radical (unpaired) electrons. The molecule has 2 heterocycles. The summed E-state index contributed by atoms with van der Waals surface area (Å²) in [7, 11) is -3.02. The topological polar surface area (TPSA) is 54.5 Å². The molecule has 2 atom stereocenters. The van der Waals surface area contributed by atoms with Gasteiger partial charge in [-0.1, -0.05) is 17.7 Å². The maximum atomic E-state index is 12.2. The van der Waals surface area contributed by atoms with E-state index in [1.807, 2.05) is 13.0 Å². The highest BCUT2D eigenvalue weighted by molar-refractivity contribution is 7.91. The summed E-state index contributed by atoms with van der Waals surface area (Å²) in [5.74, 6) is 0.112. The average molecular weight is 300 g/mol. The maximum absolute atomic E-state index is 12.2. The second-order valence-corrected chi connectivity index (χ2v) is 7.89. The number of hydrogen-bond donors (Lipinski definition) is 0. The van der Waals surface area contributed by atoms with Crippen molar-refractivity contribution >= 4 is 33.0 Å². The van der Waals surface area contributed by atoms with E-state index in [0.717, 1.165) is 11.3 Å². The smallest absolute Gasteiger partial charge is 0.227 e. The molecule has 3 rings (SSSR count). The van der Waals surface area contributed by atoms with Crippen LogP contribution in [0.15, 0.2) is 18.2 Å². The van der Waals surface area contributed by atoms with E-state index in [1.54, 1.807) is 17.0 Å². The Hall–Kier alpha value is -1.07. The third-order valence-electron chi connectivity index (χ3n) is 3.90. The molecule has 0 aromatic heterocycles. The minimum Gasteiger partial charge on any atom is -0.308 e. The SMILES string of the molecule is Cc1ccc(Cl)cc1N1C(=O)CC2CS(=O)(=O)CC21. The van der Waals surface area contributed by atoms with Crippen LogP contribution in [0.1, 0.15) is 12.0 Å². The Morgan fingerprint density at radius 2 is 2.05 bits per heavy atom. The molecule has 2 saturated heterocycles. The number of fused-ring (bicyclic) bond motifs is 1. The molecule has 4 nitrogen and oxygen atoms in total. The van der Waals surface area contributed by atoms with Crippen molar-refractivity contribution in [3.8, 4) is 0 Å². The zero-order chi connectivity index (χ0) is 13.8. The number of aryl methyl sites for hydroxylation is 1. The third-order valence-corrected chi connectivity index (χ3v) is 5.93. The van der Waals surface area contributed by atoms with Crippen LogP contribution in [-0.4, -0.2) is 31.9 Å². The molecule has 1 amide bonds. The predicted molar refractivity (Wildman–Crippen MR) is 74.2 cm³/mol. The number of benzene rings is 1. The molecule has 0 saturated carbocycles. The molecule has 2 aliphatic heterocycles. The molecule has 0 spiro atoms. The standard InChI is InChI=1S/C13H14ClNO3S/c1-8-2-3-10(14)5-11(8)15-12-7-19(17,18)6-9(12)4-13(15)16/h2-3,5,9,12H,4,6-7H2,1H3. The van der Waals surface area contributed by atoms with Crippen molar-refractivity contribution in [1.29, 1.82) is 0 Å². The first-order valence-electron chi connectivity index (χ1n) is 6.16. The monoisotopic (exact) mass is 299 g/mol. The van der Waals surface area contributed by atoms with Crippen LogP contribution in [0, 0.1) is 12.8 Å². The van der Waals surface area contributed by atoms with E-state index in [9.17, 15) is 13.2 Å². The Balaban J connectivity index is 2.04. The van der Waals surface area contributed by atoms with E-state index in [4.69, 9.17) is 11.6 Å². The highest BCUT2D eigenvalue weighted by atomic mass is 35.5. The summed E-state index contributed by atoms with van der Waals surface area (Å²) in [5.41, 5.74) is 1.67. The predicted octanol–water partition coefficient (Wildman–Crippen LogP) is 1.80. The zero-order valence-electron chi connectivity index (χ0n) is 10.5. The van der Waals surface area contributed by atoms with Crippen LogP contribution in [0.25, 0.3) is 0 Å². The second-order valence-electron chi connectivity index (χ2n) is 5.30. The summed E-state index contributed by atoms with van der Waals surface area (Å²) in [6.45, 7) is 1.90. The van der Waals surface area contributed by atoms with Gasteiger partial charge in [0.1, 0.15) is 0 Å². The lowest BCUT2D eigenvalue weighted by atomic mass is 10.0. The molecule has 102 valence electrons. The first kappa shape index (κ1) is 12.9. The van der Waals surface area contributed by atoms with E-state index in [0.29, 0.717) is 11.4 Å². The van der Waals surface area contributed by atoms with Gasteiger partial charge in [0.15, 0.2) is 9.84 Å². The van der Waals surface area contributed by atoms with Gasteiger partial charge in [-0.05, 0) is 24.6 Å². The van der Waals surface area contributed by atoms with Crippen LogP contribution < -0.4 is 4.90 Å². The molecule has 0 bridgehead atoms. The maximum Gasteiger partial charge on any atom is 0.227 e. The van der Waals surface area contributed by atoms with Gasteiger partial charge in [0.2, 0.25) is 5.91 Å². The van der Waals surface area contributed by atoms with Gasteiger partial charge in [-0.3, -0.25) is 4.79 Å². The van der Waals surface area contributed by atoms with Gasteiger partial charge in [-0.2, -0.15) is 0 Å². The summed E-state index contributed by atoms with van der Waals surface area (Å²) < 4.78 is 23.4. The van der Waals surface area contributed by atoms with Crippen LogP contribution >= 0.6 is 11.6 Å². The second kappa shape index (κ2) is 4.21. The van der Waals surface area contributed by atoms with E-state index in [-0.39, 0.29) is 29.4 Å². The molecular formula is C13H14ClNO3S. The molecule has 6 heteroatoms. The summed E-state index contributed by atoms with van der Waals surface area (Å²) in [4.78, 5) is 13.8. The highest BCUT2D eigenvalue weighted by Crippen LogP contribution is 2.39. The molecular weight excluding hydrogens is 286 g/mol. The number of nitrogens with zero attached hydrogens (tertiary/aromatic N) is 1. The van der Waals surface area contributed by atoms with Crippen LogP contribution in [0.2, 0.25) is 5.02 Å². The lowest BCUT2D eigenvalue weighted by Crippen LogP contribution is -2.36. The summed E-state index contributed by atoms with van der Waals surface area (Å²) in [6.07, 6.45) is 0.315. The van der Waals surface area contributed by atoms with Crippen molar-refractivity contribution in [2.45, 2.75) is 19.4 Å². The fourth-order valence-electron chi connectivity index (χ4n) is 3.04. The van der Waals surface area contributed by atoms with E-state index < -0.39 is 9.84 Å². The van der Waals surface area contributed by atoms with E-state index in [2.05, 4.69) is 0 Å². The molecule has 1 aromatic carbocycles. The molecule has 2 unspecified atom stereocenters. The number of carbonyl (C=O) groups excluding carboxylic acids is 1. The van der Waals surface area contributed by atoms with Crippen molar-refractivity contribution in [3.05, 3.63) is 28.8 Å².